The number of carboxylic acids is 1. The van der Waals surface area contributed by atoms with Gasteiger partial charge in [-0.05, 0) is 18.6 Å². The second kappa shape index (κ2) is 7.26. The Morgan fingerprint density at radius 3 is 2.52 bits per heavy atom. The molecule has 1 aromatic carbocycles. The van der Waals surface area contributed by atoms with Crippen molar-refractivity contribution in [1.29, 1.82) is 0 Å². The average molecular weight is 363 g/mol. The lowest BCUT2D eigenvalue weighted by molar-refractivity contribution is -0.157. The summed E-state index contributed by atoms with van der Waals surface area (Å²) in [6, 6.07) is 7.11. The van der Waals surface area contributed by atoms with E-state index in [1.54, 1.807) is 36.6 Å². The normalized spacial score (nSPS) is 16.5. The van der Waals surface area contributed by atoms with E-state index in [4.69, 9.17) is 9.47 Å². The standard InChI is InChI=1S/C17H21N3O4S/c1-3-14-18-19-16(25-14)20-10-8-17(9-11-20,15(21)22)24-13-7-5-4-6-12(13)23-2/h4-7H,3,8-11H2,1-2H3,(H,21,22). The number of methoxy groups -OCH3 is 1. The molecule has 0 spiro atoms. The maximum atomic E-state index is 12.0. The fourth-order valence-electron chi connectivity index (χ4n) is 2.85. The Labute approximate surface area is 150 Å². The van der Waals surface area contributed by atoms with E-state index >= 15 is 0 Å². The lowest BCUT2D eigenvalue weighted by atomic mass is 9.91. The van der Waals surface area contributed by atoms with E-state index in [0.717, 1.165) is 16.6 Å². The Morgan fingerprint density at radius 2 is 1.96 bits per heavy atom. The molecule has 2 aromatic rings. The summed E-state index contributed by atoms with van der Waals surface area (Å²) in [6.45, 7) is 3.15. The van der Waals surface area contributed by atoms with Gasteiger partial charge in [-0.2, -0.15) is 0 Å². The van der Waals surface area contributed by atoms with Crippen molar-refractivity contribution in [2.45, 2.75) is 31.8 Å². The number of para-hydroxylation sites is 2. The van der Waals surface area contributed by atoms with E-state index in [1.807, 2.05) is 13.0 Å². The second-order valence-electron chi connectivity index (χ2n) is 5.87. The van der Waals surface area contributed by atoms with Gasteiger partial charge in [-0.15, -0.1) is 10.2 Å². The SMILES string of the molecule is CCc1nnc(N2CCC(Oc3ccccc3OC)(C(=O)O)CC2)s1. The van der Waals surface area contributed by atoms with E-state index in [2.05, 4.69) is 15.1 Å². The van der Waals surface area contributed by atoms with Crippen LogP contribution in [0.5, 0.6) is 11.5 Å². The first-order valence-electron chi connectivity index (χ1n) is 8.20. The van der Waals surface area contributed by atoms with Gasteiger partial charge < -0.3 is 19.5 Å². The monoisotopic (exact) mass is 363 g/mol. The predicted octanol–water partition coefficient (Wildman–Crippen LogP) is 2.61. The summed E-state index contributed by atoms with van der Waals surface area (Å²) in [4.78, 5) is 14.0. The van der Waals surface area contributed by atoms with Crippen LogP contribution in [0.4, 0.5) is 5.13 Å². The Morgan fingerprint density at radius 1 is 1.28 bits per heavy atom. The number of hydrogen-bond donors (Lipinski definition) is 1. The summed E-state index contributed by atoms with van der Waals surface area (Å²) in [5.41, 5.74) is -1.26. The van der Waals surface area contributed by atoms with Crippen molar-refractivity contribution in [3.63, 3.8) is 0 Å². The van der Waals surface area contributed by atoms with Crippen molar-refractivity contribution in [2.24, 2.45) is 0 Å². The number of nitrogens with zero attached hydrogens (tertiary/aromatic N) is 3. The smallest absolute Gasteiger partial charge is 0.348 e. The highest BCUT2D eigenvalue weighted by atomic mass is 32.1. The molecular weight excluding hydrogens is 342 g/mol. The van der Waals surface area contributed by atoms with Crippen LogP contribution in [-0.2, 0) is 11.2 Å². The minimum absolute atomic E-state index is 0.363. The summed E-state index contributed by atoms with van der Waals surface area (Å²) in [7, 11) is 1.54. The van der Waals surface area contributed by atoms with Gasteiger partial charge in [-0.1, -0.05) is 30.4 Å². The molecule has 0 unspecified atom stereocenters. The number of anilines is 1. The molecule has 2 heterocycles. The second-order valence-corrected chi connectivity index (χ2v) is 6.91. The molecule has 134 valence electrons. The molecule has 8 heteroatoms. The quantitative estimate of drug-likeness (QED) is 0.844. The van der Waals surface area contributed by atoms with Crippen molar-refractivity contribution < 1.29 is 19.4 Å². The highest BCUT2D eigenvalue weighted by Gasteiger charge is 2.45. The molecule has 1 N–H and O–H groups in total. The molecule has 1 aliphatic rings. The molecule has 25 heavy (non-hydrogen) atoms. The first-order valence-corrected chi connectivity index (χ1v) is 9.02. The van der Waals surface area contributed by atoms with Crippen molar-refractivity contribution in [1.82, 2.24) is 10.2 Å². The van der Waals surface area contributed by atoms with Gasteiger partial charge in [-0.3, -0.25) is 0 Å². The first kappa shape index (κ1) is 17.5. The number of ether oxygens (including phenoxy) is 2. The fourth-order valence-corrected chi connectivity index (χ4v) is 3.68. The number of hydrogen-bond acceptors (Lipinski definition) is 7. The number of aliphatic carboxylic acids is 1. The van der Waals surface area contributed by atoms with Gasteiger partial charge in [0, 0.05) is 25.9 Å². The zero-order valence-electron chi connectivity index (χ0n) is 14.3. The van der Waals surface area contributed by atoms with E-state index < -0.39 is 11.6 Å². The Bertz CT molecular complexity index is 741. The van der Waals surface area contributed by atoms with Crippen molar-refractivity contribution >= 4 is 22.4 Å². The van der Waals surface area contributed by atoms with Gasteiger partial charge in [0.15, 0.2) is 11.5 Å². The molecule has 1 saturated heterocycles. The molecule has 0 aliphatic carbocycles. The lowest BCUT2D eigenvalue weighted by Gasteiger charge is -2.38. The third kappa shape index (κ3) is 3.53. The number of rotatable bonds is 6. The van der Waals surface area contributed by atoms with Crippen LogP contribution in [0.25, 0.3) is 0 Å². The van der Waals surface area contributed by atoms with Gasteiger partial charge >= 0.3 is 5.97 Å². The van der Waals surface area contributed by atoms with Gasteiger partial charge in [-0.25, -0.2) is 4.79 Å². The van der Waals surface area contributed by atoms with Gasteiger partial charge in [0.1, 0.15) is 5.01 Å². The molecule has 0 amide bonds. The Balaban J connectivity index is 1.76. The maximum Gasteiger partial charge on any atom is 0.348 e. The van der Waals surface area contributed by atoms with Gasteiger partial charge in [0.2, 0.25) is 10.7 Å². The third-order valence-corrected chi connectivity index (χ3v) is 5.49. The zero-order chi connectivity index (χ0) is 17.9. The molecule has 1 aliphatic heterocycles. The molecule has 0 radical (unpaired) electrons. The minimum atomic E-state index is -1.26. The molecular formula is C17H21N3O4S. The molecule has 1 aromatic heterocycles. The highest BCUT2D eigenvalue weighted by molar-refractivity contribution is 7.15. The van der Waals surface area contributed by atoms with Crippen molar-refractivity contribution in [2.75, 3.05) is 25.1 Å². The van der Waals surface area contributed by atoms with Crippen LogP contribution in [0, 0.1) is 0 Å². The van der Waals surface area contributed by atoms with Crippen LogP contribution in [0.2, 0.25) is 0 Å². The maximum absolute atomic E-state index is 12.0. The van der Waals surface area contributed by atoms with Gasteiger partial charge in [0.25, 0.3) is 0 Å². The van der Waals surface area contributed by atoms with Crippen molar-refractivity contribution in [3.05, 3.63) is 29.3 Å². The number of aromatic nitrogens is 2. The topological polar surface area (TPSA) is 84.8 Å². The van der Waals surface area contributed by atoms with Crippen molar-refractivity contribution in [3.8, 4) is 11.5 Å². The van der Waals surface area contributed by atoms with E-state index in [0.29, 0.717) is 37.4 Å². The molecule has 0 atom stereocenters. The van der Waals surface area contributed by atoms with E-state index in [1.165, 1.54) is 0 Å². The van der Waals surface area contributed by atoms with Crippen LogP contribution in [0.15, 0.2) is 24.3 Å². The molecule has 7 nitrogen and oxygen atoms in total. The molecule has 0 bridgehead atoms. The van der Waals surface area contributed by atoms with Crippen LogP contribution in [-0.4, -0.2) is 47.1 Å². The van der Waals surface area contributed by atoms with Crippen LogP contribution < -0.4 is 14.4 Å². The summed E-state index contributed by atoms with van der Waals surface area (Å²) >= 11 is 1.55. The predicted molar refractivity (Wildman–Crippen MR) is 94.7 cm³/mol. The minimum Gasteiger partial charge on any atom is -0.493 e. The number of piperidine rings is 1. The molecule has 3 rings (SSSR count). The zero-order valence-corrected chi connectivity index (χ0v) is 15.1. The average Bonchev–Trinajstić information content (AvgIpc) is 3.12. The third-order valence-electron chi connectivity index (χ3n) is 4.36. The first-order chi connectivity index (χ1) is 12.1. The van der Waals surface area contributed by atoms with Gasteiger partial charge in [0.05, 0.1) is 7.11 Å². The lowest BCUT2D eigenvalue weighted by Crippen LogP contribution is -2.53. The summed E-state index contributed by atoms with van der Waals surface area (Å²) in [6.07, 6.45) is 1.57. The number of aryl methyl sites for hydroxylation is 1. The summed E-state index contributed by atoms with van der Waals surface area (Å²) in [5.74, 6) is 0.0249. The van der Waals surface area contributed by atoms with Crippen LogP contribution in [0.3, 0.4) is 0 Å². The largest absolute Gasteiger partial charge is 0.493 e. The fraction of sp³-hybridized carbons (Fsp3) is 0.471. The van der Waals surface area contributed by atoms with Crippen LogP contribution in [0.1, 0.15) is 24.8 Å². The Hall–Kier alpha value is -2.35. The number of carboxylic acid groups (broad SMARTS) is 1. The highest BCUT2D eigenvalue weighted by Crippen LogP contribution is 2.36. The molecule has 1 fully saturated rings. The number of benzene rings is 1. The summed E-state index contributed by atoms with van der Waals surface area (Å²) in [5, 5.41) is 20.0. The summed E-state index contributed by atoms with van der Waals surface area (Å²) < 4.78 is 11.2. The number of carbonyl (C=O) groups is 1. The van der Waals surface area contributed by atoms with E-state index in [9.17, 15) is 9.90 Å². The Kier molecular flexibility index (Phi) is 5.08. The van der Waals surface area contributed by atoms with Crippen LogP contribution >= 0.6 is 11.3 Å². The van der Waals surface area contributed by atoms with E-state index in [-0.39, 0.29) is 0 Å². The molecule has 0 saturated carbocycles.